The largest absolute Gasteiger partial charge is 0.387 e. The Morgan fingerprint density at radius 1 is 0.400 bits per heavy atom. The average Bonchev–Trinajstić information content (AvgIpc) is 3.72. The minimum atomic E-state index is 0.615. The van der Waals surface area contributed by atoms with Gasteiger partial charge in [0, 0.05) is 27.2 Å². The van der Waals surface area contributed by atoms with Crippen LogP contribution in [-0.2, 0) is 0 Å². The summed E-state index contributed by atoms with van der Waals surface area (Å²) in [6.07, 6.45) is 1.91. The van der Waals surface area contributed by atoms with E-state index in [0.29, 0.717) is 5.95 Å². The number of hydrogen-bond donors (Lipinski definition) is 0. The smallest absolute Gasteiger partial charge is 0.307 e. The van der Waals surface area contributed by atoms with Crippen LogP contribution in [0.1, 0.15) is 0 Å². The lowest BCUT2D eigenvalue weighted by Gasteiger charge is -2.11. The first kappa shape index (κ1) is 28.2. The molecule has 0 amide bonds. The maximum atomic E-state index is 5.41. The van der Waals surface area contributed by atoms with E-state index < -0.39 is 0 Å². The predicted molar refractivity (Wildman–Crippen MR) is 203 cm³/mol. The van der Waals surface area contributed by atoms with Gasteiger partial charge in [-0.2, -0.15) is 4.57 Å². The molecule has 3 heterocycles. The van der Waals surface area contributed by atoms with Crippen molar-refractivity contribution in [3.05, 3.63) is 182 Å². The molecular formula is C45H30N5+. The molecule has 0 aliphatic carbocycles. The van der Waals surface area contributed by atoms with Crippen molar-refractivity contribution in [3.8, 4) is 39.8 Å². The Hall–Kier alpha value is -6.85. The van der Waals surface area contributed by atoms with E-state index in [9.17, 15) is 0 Å². The van der Waals surface area contributed by atoms with Gasteiger partial charge in [0.15, 0.2) is 0 Å². The van der Waals surface area contributed by atoms with Crippen molar-refractivity contribution in [2.24, 2.45) is 0 Å². The standard InChI is InChI=1S/C45H30N5/c1-4-14-31(15-5-1)32-24-26-34(27-25-32)48-30-46-45(47-44(48)33-16-6-2-7-17-33)50-41-23-13-11-21-37(41)39-29-28-38-36-20-10-12-22-40(36)49(42(38)43(39)50)35-18-8-3-9-19-35/h1-30H/q+1. The zero-order valence-electron chi connectivity index (χ0n) is 27.1. The molecule has 0 radical (unpaired) electrons. The normalized spacial score (nSPS) is 11.6. The minimum absolute atomic E-state index is 0.615. The highest BCUT2D eigenvalue weighted by Crippen LogP contribution is 2.41. The molecule has 0 saturated carbocycles. The summed E-state index contributed by atoms with van der Waals surface area (Å²) in [5, 5.41) is 4.72. The Morgan fingerprint density at radius 2 is 0.900 bits per heavy atom. The van der Waals surface area contributed by atoms with E-state index in [2.05, 4.69) is 177 Å². The molecule has 0 N–H and O–H groups in total. The first-order chi connectivity index (χ1) is 24.8. The van der Waals surface area contributed by atoms with E-state index in [0.717, 1.165) is 61.2 Å². The van der Waals surface area contributed by atoms with E-state index in [-0.39, 0.29) is 0 Å². The summed E-state index contributed by atoms with van der Waals surface area (Å²) >= 11 is 0. The molecule has 0 spiro atoms. The van der Waals surface area contributed by atoms with Gasteiger partial charge in [-0.15, -0.1) is 0 Å². The van der Waals surface area contributed by atoms with E-state index in [1.807, 2.05) is 18.5 Å². The monoisotopic (exact) mass is 640 g/mol. The highest BCUT2D eigenvalue weighted by atomic mass is 15.2. The second-order valence-corrected chi connectivity index (χ2v) is 12.5. The molecular weight excluding hydrogens is 611 g/mol. The minimum Gasteiger partial charge on any atom is -0.307 e. The third-order valence-corrected chi connectivity index (χ3v) is 9.69. The summed E-state index contributed by atoms with van der Waals surface area (Å²) in [6, 6.07) is 61.8. The maximum absolute atomic E-state index is 5.41. The highest BCUT2D eigenvalue weighted by Gasteiger charge is 2.26. The first-order valence-corrected chi connectivity index (χ1v) is 16.8. The molecule has 234 valence electrons. The topological polar surface area (TPSA) is 39.5 Å². The molecule has 10 aromatic rings. The number of benzene rings is 7. The van der Waals surface area contributed by atoms with Gasteiger partial charge in [0.2, 0.25) is 6.33 Å². The lowest BCUT2D eigenvalue weighted by Crippen LogP contribution is -2.35. The summed E-state index contributed by atoms with van der Waals surface area (Å²) < 4.78 is 6.72. The first-order valence-electron chi connectivity index (χ1n) is 16.8. The van der Waals surface area contributed by atoms with E-state index in [1.165, 1.54) is 16.3 Å². The lowest BCUT2D eigenvalue weighted by atomic mass is 10.1. The molecule has 0 saturated heterocycles. The van der Waals surface area contributed by atoms with Crippen molar-refractivity contribution in [2.45, 2.75) is 0 Å². The molecule has 0 atom stereocenters. The number of hydrogen-bond acceptors (Lipinski definition) is 2. The van der Waals surface area contributed by atoms with Crippen molar-refractivity contribution in [3.63, 3.8) is 0 Å². The number of aromatic nitrogens is 5. The number of rotatable bonds is 5. The molecule has 0 bridgehead atoms. The van der Waals surface area contributed by atoms with Gasteiger partial charge in [0.25, 0.3) is 5.82 Å². The molecule has 0 aliphatic rings. The van der Waals surface area contributed by atoms with Crippen LogP contribution in [0.15, 0.2) is 182 Å². The summed E-state index contributed by atoms with van der Waals surface area (Å²) in [6.45, 7) is 0. The van der Waals surface area contributed by atoms with Crippen LogP contribution in [0.4, 0.5) is 0 Å². The Morgan fingerprint density at radius 3 is 1.54 bits per heavy atom. The van der Waals surface area contributed by atoms with Crippen molar-refractivity contribution in [1.82, 2.24) is 19.1 Å². The zero-order chi connectivity index (χ0) is 33.0. The van der Waals surface area contributed by atoms with Crippen LogP contribution < -0.4 is 4.57 Å². The summed E-state index contributed by atoms with van der Waals surface area (Å²) in [5.74, 6) is 1.43. The second-order valence-electron chi connectivity index (χ2n) is 12.5. The fourth-order valence-electron chi connectivity index (χ4n) is 7.43. The van der Waals surface area contributed by atoms with Crippen LogP contribution in [0.25, 0.3) is 83.4 Å². The van der Waals surface area contributed by atoms with Gasteiger partial charge in [-0.05, 0) is 64.6 Å². The molecule has 10 rings (SSSR count). The summed E-state index contributed by atoms with van der Waals surface area (Å²) in [7, 11) is 0. The number of nitrogens with zero attached hydrogens (tertiary/aromatic N) is 5. The van der Waals surface area contributed by atoms with Gasteiger partial charge in [-0.3, -0.25) is 0 Å². The molecule has 3 aromatic heterocycles. The third kappa shape index (κ3) is 4.37. The van der Waals surface area contributed by atoms with E-state index >= 15 is 0 Å². The Bertz CT molecular complexity index is 2840. The van der Waals surface area contributed by atoms with Crippen LogP contribution in [0, 0.1) is 0 Å². The SMILES string of the molecule is c1ccc(-c2ccc(-[n+]3cnc(-n4c5ccccc5c5ccc6c7ccccc7n(-c7ccccc7)c6c54)nc3-c3ccccc3)cc2)cc1. The number of para-hydroxylation sites is 3. The molecule has 7 aromatic carbocycles. The van der Waals surface area contributed by atoms with Gasteiger partial charge in [-0.25, -0.2) is 4.57 Å². The van der Waals surface area contributed by atoms with Crippen molar-refractivity contribution in [2.75, 3.05) is 0 Å². The van der Waals surface area contributed by atoms with Crippen molar-refractivity contribution < 1.29 is 4.57 Å². The van der Waals surface area contributed by atoms with E-state index in [1.54, 1.807) is 0 Å². The van der Waals surface area contributed by atoms with Crippen LogP contribution in [0.2, 0.25) is 0 Å². The van der Waals surface area contributed by atoms with Crippen molar-refractivity contribution in [1.29, 1.82) is 0 Å². The summed E-state index contributed by atoms with van der Waals surface area (Å²) in [5.41, 5.74) is 9.88. The maximum Gasteiger partial charge on any atom is 0.387 e. The zero-order valence-corrected chi connectivity index (χ0v) is 27.1. The predicted octanol–water partition coefficient (Wildman–Crippen LogP) is 10.3. The molecule has 5 nitrogen and oxygen atoms in total. The van der Waals surface area contributed by atoms with Gasteiger partial charge in [-0.1, -0.05) is 132 Å². The van der Waals surface area contributed by atoms with Gasteiger partial charge in [0.1, 0.15) is 5.69 Å². The molecule has 0 fully saturated rings. The molecule has 0 unspecified atom stereocenters. The highest BCUT2D eigenvalue weighted by molar-refractivity contribution is 6.23. The molecule has 50 heavy (non-hydrogen) atoms. The Labute approximate surface area is 288 Å². The number of fused-ring (bicyclic) bond motifs is 7. The van der Waals surface area contributed by atoms with Crippen molar-refractivity contribution >= 4 is 43.6 Å². The lowest BCUT2D eigenvalue weighted by molar-refractivity contribution is -0.590. The van der Waals surface area contributed by atoms with Gasteiger partial charge < -0.3 is 4.57 Å². The van der Waals surface area contributed by atoms with Crippen LogP contribution in [0.3, 0.4) is 0 Å². The Balaban J connectivity index is 1.27. The van der Waals surface area contributed by atoms with Crippen LogP contribution in [-0.4, -0.2) is 19.1 Å². The molecule has 0 aliphatic heterocycles. The fourth-order valence-corrected chi connectivity index (χ4v) is 7.43. The van der Waals surface area contributed by atoms with Gasteiger partial charge in [0.05, 0.1) is 27.6 Å². The Kier molecular flexibility index (Phi) is 6.42. The van der Waals surface area contributed by atoms with E-state index in [4.69, 9.17) is 9.97 Å². The third-order valence-electron chi connectivity index (χ3n) is 9.69. The average molecular weight is 641 g/mol. The summed E-state index contributed by atoms with van der Waals surface area (Å²) in [4.78, 5) is 10.5. The van der Waals surface area contributed by atoms with Crippen LogP contribution in [0.5, 0.6) is 0 Å². The van der Waals surface area contributed by atoms with Crippen LogP contribution >= 0.6 is 0 Å². The second kappa shape index (κ2) is 11.4. The molecule has 5 heteroatoms. The fraction of sp³-hybridized carbons (Fsp3) is 0. The van der Waals surface area contributed by atoms with Gasteiger partial charge >= 0.3 is 5.95 Å². The quantitative estimate of drug-likeness (QED) is 0.176.